The second-order valence-corrected chi connectivity index (χ2v) is 9.77. The van der Waals surface area contributed by atoms with Gasteiger partial charge in [-0.2, -0.15) is 0 Å². The fourth-order valence-corrected chi connectivity index (χ4v) is 4.99. The molecule has 4 rings (SSSR count). The van der Waals surface area contributed by atoms with Crippen molar-refractivity contribution in [2.24, 2.45) is 0 Å². The summed E-state index contributed by atoms with van der Waals surface area (Å²) in [5.74, 6) is 1.94. The summed E-state index contributed by atoms with van der Waals surface area (Å²) in [6, 6.07) is 14.9. The Morgan fingerprint density at radius 1 is 0.879 bits per heavy atom. The lowest BCUT2D eigenvalue weighted by atomic mass is 9.91. The van der Waals surface area contributed by atoms with Crippen molar-refractivity contribution in [3.05, 3.63) is 59.2 Å². The fraction of sp³-hybridized carbons (Fsp3) is 0.571. The lowest BCUT2D eigenvalue weighted by Crippen LogP contribution is -2.48. The minimum absolute atomic E-state index is 0.214. The second-order valence-electron chi connectivity index (χ2n) is 9.77. The molecule has 0 radical (unpaired) electrons. The summed E-state index contributed by atoms with van der Waals surface area (Å²) in [5, 5.41) is 0. The lowest BCUT2D eigenvalue weighted by Gasteiger charge is -2.40. The van der Waals surface area contributed by atoms with Crippen molar-refractivity contribution in [1.82, 2.24) is 9.80 Å². The molecule has 0 spiro atoms. The third-order valence-electron chi connectivity index (χ3n) is 7.20. The van der Waals surface area contributed by atoms with E-state index >= 15 is 0 Å². The molecule has 2 fully saturated rings. The van der Waals surface area contributed by atoms with Crippen molar-refractivity contribution in [2.45, 2.75) is 51.7 Å². The van der Waals surface area contributed by atoms with Crippen LogP contribution in [0.25, 0.3) is 0 Å². The number of hydrogen-bond acceptors (Lipinski definition) is 5. The van der Waals surface area contributed by atoms with Crippen LogP contribution < -0.4 is 9.47 Å². The smallest absolute Gasteiger partial charge is 0.122 e. The maximum Gasteiger partial charge on any atom is 0.122 e. The molecule has 2 heterocycles. The minimum atomic E-state index is -0.214. The fourth-order valence-electron chi connectivity index (χ4n) is 4.99. The Balaban J connectivity index is 1.24. The molecule has 0 amide bonds. The van der Waals surface area contributed by atoms with Crippen LogP contribution in [0.15, 0.2) is 42.5 Å². The van der Waals surface area contributed by atoms with Gasteiger partial charge in [-0.3, -0.25) is 9.80 Å². The molecule has 0 aromatic heterocycles. The summed E-state index contributed by atoms with van der Waals surface area (Å²) < 4.78 is 18.2. The van der Waals surface area contributed by atoms with E-state index in [2.05, 4.69) is 66.1 Å². The van der Waals surface area contributed by atoms with Crippen molar-refractivity contribution < 1.29 is 14.2 Å². The number of likely N-dealkylation sites (tertiary alicyclic amines) is 2. The monoisotopic (exact) mass is 452 g/mol. The number of aryl methyl sites for hydroxylation is 2. The average Bonchev–Trinajstić information content (AvgIpc) is 3.34. The largest absolute Gasteiger partial charge is 0.492 e. The first-order chi connectivity index (χ1) is 16.0. The van der Waals surface area contributed by atoms with E-state index in [9.17, 15) is 0 Å². The van der Waals surface area contributed by atoms with Gasteiger partial charge in [0.05, 0.1) is 0 Å². The highest BCUT2D eigenvalue weighted by molar-refractivity contribution is 5.35. The van der Waals surface area contributed by atoms with E-state index in [0.29, 0.717) is 6.61 Å². The molecular weight excluding hydrogens is 412 g/mol. The molecule has 0 unspecified atom stereocenters. The third-order valence-corrected chi connectivity index (χ3v) is 7.20. The number of hydrogen-bond donors (Lipinski definition) is 0. The summed E-state index contributed by atoms with van der Waals surface area (Å²) in [6.45, 7) is 12.0. The normalized spacial score (nSPS) is 19.0. The Kier molecular flexibility index (Phi) is 8.29. The first-order valence-electron chi connectivity index (χ1n) is 12.5. The molecule has 33 heavy (non-hydrogen) atoms. The highest BCUT2D eigenvalue weighted by atomic mass is 16.5. The van der Waals surface area contributed by atoms with Crippen molar-refractivity contribution in [1.29, 1.82) is 0 Å². The van der Waals surface area contributed by atoms with Gasteiger partial charge < -0.3 is 14.2 Å². The van der Waals surface area contributed by atoms with Gasteiger partial charge >= 0.3 is 0 Å². The SMILES string of the molecule is COC1(COc2ccc(C)cc2C)CCN(Cc2cccc(OCCN3CCCC3)c2)CC1. The summed E-state index contributed by atoms with van der Waals surface area (Å²) in [5.41, 5.74) is 3.54. The molecule has 2 aromatic rings. The van der Waals surface area contributed by atoms with Gasteiger partial charge in [-0.15, -0.1) is 0 Å². The number of methoxy groups -OCH3 is 1. The van der Waals surface area contributed by atoms with Gasteiger partial charge in [-0.05, 0) is 81.9 Å². The summed E-state index contributed by atoms with van der Waals surface area (Å²) >= 11 is 0. The lowest BCUT2D eigenvalue weighted by molar-refractivity contribution is -0.0840. The van der Waals surface area contributed by atoms with E-state index in [0.717, 1.165) is 57.1 Å². The Hall–Kier alpha value is -2.08. The van der Waals surface area contributed by atoms with Gasteiger partial charge in [0.25, 0.3) is 0 Å². The van der Waals surface area contributed by atoms with Gasteiger partial charge in [0.1, 0.15) is 30.3 Å². The zero-order chi connectivity index (χ0) is 23.1. The van der Waals surface area contributed by atoms with Crippen LogP contribution in [0.2, 0.25) is 0 Å². The molecule has 5 heteroatoms. The summed E-state index contributed by atoms with van der Waals surface area (Å²) in [7, 11) is 1.82. The van der Waals surface area contributed by atoms with Gasteiger partial charge in [0, 0.05) is 33.3 Å². The van der Waals surface area contributed by atoms with Gasteiger partial charge in [0.15, 0.2) is 0 Å². The Morgan fingerprint density at radius 3 is 2.39 bits per heavy atom. The molecule has 2 aromatic carbocycles. The van der Waals surface area contributed by atoms with Crippen molar-refractivity contribution in [3.63, 3.8) is 0 Å². The molecular formula is C28H40N2O3. The number of benzene rings is 2. The zero-order valence-corrected chi connectivity index (χ0v) is 20.6. The number of nitrogens with zero attached hydrogens (tertiary/aromatic N) is 2. The molecule has 5 nitrogen and oxygen atoms in total. The van der Waals surface area contributed by atoms with Crippen LogP contribution in [0.3, 0.4) is 0 Å². The molecule has 0 N–H and O–H groups in total. The van der Waals surface area contributed by atoms with E-state index in [1.807, 2.05) is 7.11 Å². The molecule has 0 saturated carbocycles. The van der Waals surface area contributed by atoms with E-state index in [1.54, 1.807) is 0 Å². The Morgan fingerprint density at radius 2 is 1.67 bits per heavy atom. The summed E-state index contributed by atoms with van der Waals surface area (Å²) in [4.78, 5) is 5.00. The molecule has 0 aliphatic carbocycles. The summed E-state index contributed by atoms with van der Waals surface area (Å²) in [6.07, 6.45) is 4.60. The highest BCUT2D eigenvalue weighted by Gasteiger charge is 2.35. The van der Waals surface area contributed by atoms with Crippen molar-refractivity contribution >= 4 is 0 Å². The number of ether oxygens (including phenoxy) is 3. The van der Waals surface area contributed by atoms with Crippen LogP contribution in [0.5, 0.6) is 11.5 Å². The molecule has 2 aliphatic rings. The van der Waals surface area contributed by atoms with Gasteiger partial charge in [0.2, 0.25) is 0 Å². The van der Waals surface area contributed by atoms with E-state index < -0.39 is 0 Å². The van der Waals surface area contributed by atoms with Crippen molar-refractivity contribution in [3.8, 4) is 11.5 Å². The Bertz CT molecular complexity index is 886. The topological polar surface area (TPSA) is 34.2 Å². The standard InChI is InChI=1S/C28H40N2O3/c1-23-9-10-27(24(2)19-23)33-22-28(31-3)11-15-30(16-12-28)21-25-7-6-8-26(20-25)32-18-17-29-13-4-5-14-29/h6-10,19-20H,4-5,11-18,21-22H2,1-3H3. The van der Waals surface area contributed by atoms with Gasteiger partial charge in [-0.1, -0.05) is 29.8 Å². The quantitative estimate of drug-likeness (QED) is 0.515. The molecule has 2 aliphatic heterocycles. The maximum absolute atomic E-state index is 6.21. The van der Waals surface area contributed by atoms with Crippen LogP contribution in [-0.4, -0.2) is 68.4 Å². The molecule has 0 bridgehead atoms. The average molecular weight is 453 g/mol. The van der Waals surface area contributed by atoms with Crippen LogP contribution in [0.1, 0.15) is 42.4 Å². The van der Waals surface area contributed by atoms with Crippen LogP contribution in [0.4, 0.5) is 0 Å². The zero-order valence-electron chi connectivity index (χ0n) is 20.6. The molecule has 180 valence electrons. The molecule has 2 saturated heterocycles. The van der Waals surface area contributed by atoms with Crippen LogP contribution >= 0.6 is 0 Å². The van der Waals surface area contributed by atoms with E-state index in [4.69, 9.17) is 14.2 Å². The number of piperidine rings is 1. The number of rotatable bonds is 10. The van der Waals surface area contributed by atoms with Gasteiger partial charge in [-0.25, -0.2) is 0 Å². The molecule has 0 atom stereocenters. The van der Waals surface area contributed by atoms with Crippen LogP contribution in [0, 0.1) is 13.8 Å². The highest BCUT2D eigenvalue weighted by Crippen LogP contribution is 2.29. The predicted molar refractivity (Wildman–Crippen MR) is 133 cm³/mol. The maximum atomic E-state index is 6.21. The first kappa shape index (κ1) is 24.1. The third kappa shape index (κ3) is 6.72. The van der Waals surface area contributed by atoms with Crippen LogP contribution in [-0.2, 0) is 11.3 Å². The predicted octanol–water partition coefficient (Wildman–Crippen LogP) is 4.84. The van der Waals surface area contributed by atoms with E-state index in [-0.39, 0.29) is 5.60 Å². The Labute approximate surface area is 199 Å². The second kappa shape index (κ2) is 11.4. The van der Waals surface area contributed by atoms with E-state index in [1.165, 1.54) is 42.6 Å². The van der Waals surface area contributed by atoms with Crippen molar-refractivity contribution in [2.75, 3.05) is 53.0 Å². The minimum Gasteiger partial charge on any atom is -0.492 e. The first-order valence-corrected chi connectivity index (χ1v) is 12.5.